The van der Waals surface area contributed by atoms with Crippen molar-refractivity contribution in [3.8, 4) is 0 Å². The van der Waals surface area contributed by atoms with Crippen LogP contribution in [0.25, 0.3) is 0 Å². The third-order valence-corrected chi connectivity index (χ3v) is 5.27. The van der Waals surface area contributed by atoms with E-state index in [1.807, 2.05) is 43.6 Å². The van der Waals surface area contributed by atoms with Gasteiger partial charge in [-0.25, -0.2) is 4.98 Å². The average molecular weight is 514 g/mol. The molecule has 1 fully saturated rings. The van der Waals surface area contributed by atoms with Crippen LogP contribution in [-0.4, -0.2) is 43.7 Å². The third kappa shape index (κ3) is 6.81. The molecule has 1 aromatic heterocycles. The number of aromatic nitrogens is 1. The monoisotopic (exact) mass is 513 g/mol. The first-order valence-electron chi connectivity index (χ1n) is 9.63. The van der Waals surface area contributed by atoms with Crippen LogP contribution in [0, 0.1) is 0 Å². The fourth-order valence-electron chi connectivity index (χ4n) is 3.37. The summed E-state index contributed by atoms with van der Waals surface area (Å²) < 4.78 is 0. The van der Waals surface area contributed by atoms with Gasteiger partial charge in [0.1, 0.15) is 5.82 Å². The predicted molar refractivity (Wildman–Crippen MR) is 129 cm³/mol. The van der Waals surface area contributed by atoms with Crippen molar-refractivity contribution in [1.82, 2.24) is 15.6 Å². The maximum absolute atomic E-state index is 6.21. The van der Waals surface area contributed by atoms with Crippen molar-refractivity contribution < 1.29 is 0 Å². The molecule has 0 aliphatic carbocycles. The van der Waals surface area contributed by atoms with Crippen LogP contribution in [0.2, 0.25) is 5.02 Å². The highest BCUT2D eigenvalue weighted by molar-refractivity contribution is 14.0. The van der Waals surface area contributed by atoms with E-state index in [1.54, 1.807) is 0 Å². The van der Waals surface area contributed by atoms with Gasteiger partial charge in [0.05, 0.1) is 0 Å². The van der Waals surface area contributed by atoms with Crippen LogP contribution >= 0.6 is 35.6 Å². The highest BCUT2D eigenvalue weighted by atomic mass is 127. The SMILES string of the molecule is CN=C(NCCCc1ccccc1Cl)NC1CCN(c2ccccn2)CC1.I. The van der Waals surface area contributed by atoms with Gasteiger partial charge in [-0.05, 0) is 49.4 Å². The van der Waals surface area contributed by atoms with Crippen molar-refractivity contribution in [1.29, 1.82) is 0 Å². The van der Waals surface area contributed by atoms with Crippen LogP contribution < -0.4 is 15.5 Å². The molecule has 2 heterocycles. The zero-order valence-corrected chi connectivity index (χ0v) is 19.4. The van der Waals surface area contributed by atoms with E-state index in [-0.39, 0.29) is 24.0 Å². The minimum atomic E-state index is 0. The van der Waals surface area contributed by atoms with Crippen LogP contribution in [0.4, 0.5) is 5.82 Å². The third-order valence-electron chi connectivity index (χ3n) is 4.91. The second-order valence-electron chi connectivity index (χ2n) is 6.79. The number of guanidine groups is 1. The average Bonchev–Trinajstić information content (AvgIpc) is 2.72. The Morgan fingerprint density at radius 3 is 2.61 bits per heavy atom. The number of halogens is 2. The predicted octanol–water partition coefficient (Wildman–Crippen LogP) is 4.12. The number of nitrogens with one attached hydrogen (secondary N) is 2. The number of hydrogen-bond donors (Lipinski definition) is 2. The van der Waals surface area contributed by atoms with E-state index in [0.717, 1.165) is 62.1 Å². The van der Waals surface area contributed by atoms with Gasteiger partial charge < -0.3 is 15.5 Å². The quantitative estimate of drug-likeness (QED) is 0.264. The topological polar surface area (TPSA) is 52.6 Å². The molecule has 2 N–H and O–H groups in total. The molecule has 1 aliphatic rings. The van der Waals surface area contributed by atoms with E-state index in [9.17, 15) is 0 Å². The molecule has 152 valence electrons. The van der Waals surface area contributed by atoms with Crippen LogP contribution in [0.3, 0.4) is 0 Å². The Bertz CT molecular complexity index is 733. The summed E-state index contributed by atoms with van der Waals surface area (Å²) >= 11 is 6.21. The lowest BCUT2D eigenvalue weighted by Gasteiger charge is -2.33. The first-order valence-corrected chi connectivity index (χ1v) is 10.0. The maximum atomic E-state index is 6.21. The number of piperidine rings is 1. The van der Waals surface area contributed by atoms with Gasteiger partial charge in [0, 0.05) is 43.9 Å². The number of benzene rings is 1. The first kappa shape index (κ1) is 22.7. The van der Waals surface area contributed by atoms with Crippen molar-refractivity contribution in [3.63, 3.8) is 0 Å². The van der Waals surface area contributed by atoms with Crippen molar-refractivity contribution in [2.75, 3.05) is 31.6 Å². The number of pyridine rings is 1. The lowest BCUT2D eigenvalue weighted by atomic mass is 10.1. The molecule has 5 nitrogen and oxygen atoms in total. The van der Waals surface area contributed by atoms with Crippen molar-refractivity contribution in [2.24, 2.45) is 4.99 Å². The number of hydrogen-bond acceptors (Lipinski definition) is 3. The zero-order valence-electron chi connectivity index (χ0n) is 16.3. The summed E-state index contributed by atoms with van der Waals surface area (Å²) in [7, 11) is 1.83. The fraction of sp³-hybridized carbons (Fsp3) is 0.429. The molecule has 28 heavy (non-hydrogen) atoms. The molecule has 0 bridgehead atoms. The highest BCUT2D eigenvalue weighted by Crippen LogP contribution is 2.17. The molecule has 0 radical (unpaired) electrons. The Hall–Kier alpha value is -1.54. The largest absolute Gasteiger partial charge is 0.356 e. The molecule has 1 aliphatic heterocycles. The Kier molecular flexibility index (Phi) is 9.84. The normalized spacial score (nSPS) is 15.1. The maximum Gasteiger partial charge on any atom is 0.191 e. The molecule has 3 rings (SSSR count). The van der Waals surface area contributed by atoms with Gasteiger partial charge in [0.15, 0.2) is 5.96 Å². The molecule has 0 saturated carbocycles. The fourth-order valence-corrected chi connectivity index (χ4v) is 3.60. The Morgan fingerprint density at radius 1 is 1.18 bits per heavy atom. The molecule has 0 atom stereocenters. The summed E-state index contributed by atoms with van der Waals surface area (Å²) in [5, 5.41) is 7.82. The van der Waals surface area contributed by atoms with Gasteiger partial charge in [0.25, 0.3) is 0 Å². The molecular formula is C21H29ClIN5. The number of nitrogens with zero attached hydrogens (tertiary/aromatic N) is 3. The lowest BCUT2D eigenvalue weighted by Crippen LogP contribution is -2.49. The molecule has 1 aromatic carbocycles. The first-order chi connectivity index (χ1) is 13.3. The van der Waals surface area contributed by atoms with E-state index in [4.69, 9.17) is 11.6 Å². The summed E-state index contributed by atoms with van der Waals surface area (Å²) in [4.78, 5) is 11.2. The Morgan fingerprint density at radius 2 is 1.93 bits per heavy atom. The Labute approximate surface area is 190 Å². The summed E-state index contributed by atoms with van der Waals surface area (Å²) in [6.45, 7) is 2.90. The van der Waals surface area contributed by atoms with Crippen molar-refractivity contribution >= 4 is 47.4 Å². The van der Waals surface area contributed by atoms with E-state index >= 15 is 0 Å². The Balaban J connectivity index is 0.00000280. The summed E-state index contributed by atoms with van der Waals surface area (Å²) in [5.74, 6) is 1.95. The van der Waals surface area contributed by atoms with Gasteiger partial charge >= 0.3 is 0 Å². The van der Waals surface area contributed by atoms with Gasteiger partial charge in [-0.3, -0.25) is 4.99 Å². The summed E-state index contributed by atoms with van der Waals surface area (Å²) in [6.07, 6.45) is 6.00. The summed E-state index contributed by atoms with van der Waals surface area (Å²) in [5.41, 5.74) is 1.20. The second-order valence-corrected chi connectivity index (χ2v) is 7.19. The van der Waals surface area contributed by atoms with Crippen LogP contribution in [-0.2, 0) is 6.42 Å². The molecular weight excluding hydrogens is 485 g/mol. The van der Waals surface area contributed by atoms with E-state index in [2.05, 4.69) is 37.6 Å². The van der Waals surface area contributed by atoms with Crippen LogP contribution in [0.5, 0.6) is 0 Å². The van der Waals surface area contributed by atoms with Gasteiger partial charge in [0.2, 0.25) is 0 Å². The highest BCUT2D eigenvalue weighted by Gasteiger charge is 2.20. The standard InChI is InChI=1S/C21H28ClN5.HI/c1-23-21(25-14-6-8-17-7-2-3-9-19(17)22)26-18-11-15-27(16-12-18)20-10-4-5-13-24-20;/h2-5,7,9-10,13,18H,6,8,11-12,14-16H2,1H3,(H2,23,25,26);1H. The molecule has 2 aromatic rings. The second kappa shape index (κ2) is 12.1. The van der Waals surface area contributed by atoms with Gasteiger partial charge in [-0.2, -0.15) is 0 Å². The minimum absolute atomic E-state index is 0. The number of aryl methyl sites for hydroxylation is 1. The molecule has 0 amide bonds. The smallest absolute Gasteiger partial charge is 0.191 e. The van der Waals surface area contributed by atoms with Crippen molar-refractivity contribution in [3.05, 3.63) is 59.2 Å². The summed E-state index contributed by atoms with van der Waals surface area (Å²) in [6, 6.07) is 14.6. The number of aliphatic imine (C=N–C) groups is 1. The van der Waals surface area contributed by atoms with Crippen LogP contribution in [0.1, 0.15) is 24.8 Å². The van der Waals surface area contributed by atoms with Gasteiger partial charge in [-0.1, -0.05) is 35.9 Å². The molecule has 0 spiro atoms. The molecule has 0 unspecified atom stereocenters. The van der Waals surface area contributed by atoms with Gasteiger partial charge in [-0.15, -0.1) is 24.0 Å². The van der Waals surface area contributed by atoms with Crippen LogP contribution in [0.15, 0.2) is 53.7 Å². The van der Waals surface area contributed by atoms with Crippen molar-refractivity contribution in [2.45, 2.75) is 31.7 Å². The number of anilines is 1. The minimum Gasteiger partial charge on any atom is -0.356 e. The lowest BCUT2D eigenvalue weighted by molar-refractivity contribution is 0.459. The zero-order chi connectivity index (χ0) is 18.9. The van der Waals surface area contributed by atoms with E-state index in [1.165, 1.54) is 5.56 Å². The molecule has 7 heteroatoms. The van der Waals surface area contributed by atoms with E-state index < -0.39 is 0 Å². The number of rotatable bonds is 6. The molecule has 1 saturated heterocycles. The van der Waals surface area contributed by atoms with E-state index in [0.29, 0.717) is 6.04 Å².